The Labute approximate surface area is 49.5 Å². The molecule has 1 nitrogen and oxygen atoms in total. The third-order valence-corrected chi connectivity index (χ3v) is 0.384. The normalized spacial score (nSPS) is 12.5. The van der Waals surface area contributed by atoms with Crippen LogP contribution in [0.15, 0.2) is 11.7 Å². The first kappa shape index (κ1) is 7.68. The van der Waals surface area contributed by atoms with E-state index in [1.807, 2.05) is 0 Å². The molecule has 0 heterocycles. The lowest BCUT2D eigenvalue weighted by Gasteiger charge is -2.00. The fraction of sp³-hybridized carbons (Fsp3) is 0.333. The molecule has 8 heavy (non-hydrogen) atoms. The predicted octanol–water partition coefficient (Wildman–Crippen LogP) is 1.92. The lowest BCUT2D eigenvalue weighted by atomic mass is 11.1. The maximum Gasteiger partial charge on any atom is 0.572 e. The van der Waals surface area contributed by atoms with Crippen LogP contribution in [0.4, 0.5) is 13.2 Å². The molecule has 0 aromatic heterocycles. The van der Waals surface area contributed by atoms with Crippen LogP contribution in [-0.4, -0.2) is 6.36 Å². The van der Waals surface area contributed by atoms with Gasteiger partial charge in [0, 0.05) is 5.41 Å². The quantitative estimate of drug-likeness (QED) is 0.437. The molecular formula is C3H3F3OS. The van der Waals surface area contributed by atoms with Gasteiger partial charge in [-0.2, -0.15) is 0 Å². The Bertz CT molecular complexity index is 87.0. The summed E-state index contributed by atoms with van der Waals surface area (Å²) >= 11 is 3.33. The van der Waals surface area contributed by atoms with E-state index >= 15 is 0 Å². The Kier molecular flexibility index (Phi) is 2.75. The van der Waals surface area contributed by atoms with Crippen molar-refractivity contribution >= 4 is 12.6 Å². The highest BCUT2D eigenvalue weighted by Crippen LogP contribution is 2.15. The number of hydrogen-bond donors (Lipinski definition) is 1. The summed E-state index contributed by atoms with van der Waals surface area (Å²) in [6.45, 7) is 0. The van der Waals surface area contributed by atoms with Gasteiger partial charge in [-0.15, -0.1) is 25.8 Å². The third-order valence-electron chi connectivity index (χ3n) is 0.263. The summed E-state index contributed by atoms with van der Waals surface area (Å²) in [5.41, 5.74) is 0. The van der Waals surface area contributed by atoms with Gasteiger partial charge in [-0.25, -0.2) is 0 Å². The van der Waals surface area contributed by atoms with Crippen LogP contribution in [0.1, 0.15) is 0 Å². The van der Waals surface area contributed by atoms with Crippen molar-refractivity contribution in [2.75, 3.05) is 0 Å². The standard InChI is InChI=1S/C3H3F3OS/c4-3(5,6)7-1-2-8/h1-2,8H/b2-1+. The Hall–Kier alpha value is -0.320. The first-order valence-corrected chi connectivity index (χ1v) is 2.11. The molecule has 0 bridgehead atoms. The molecule has 0 amide bonds. The van der Waals surface area contributed by atoms with E-state index in [1.54, 1.807) is 0 Å². The molecule has 0 radical (unpaired) electrons. The van der Waals surface area contributed by atoms with Crippen LogP contribution in [-0.2, 0) is 4.74 Å². The molecule has 5 heteroatoms. The van der Waals surface area contributed by atoms with Gasteiger partial charge in [0.1, 0.15) is 0 Å². The monoisotopic (exact) mass is 144 g/mol. The topological polar surface area (TPSA) is 9.23 Å². The molecule has 0 rings (SSSR count). The number of alkyl halides is 3. The van der Waals surface area contributed by atoms with E-state index in [0.717, 1.165) is 5.41 Å². The zero-order valence-corrected chi connectivity index (χ0v) is 4.54. The molecule has 0 fully saturated rings. The van der Waals surface area contributed by atoms with Crippen LogP contribution in [0.3, 0.4) is 0 Å². The number of rotatable bonds is 1. The van der Waals surface area contributed by atoms with Crippen LogP contribution in [0, 0.1) is 0 Å². The first-order chi connectivity index (χ1) is 3.56. The van der Waals surface area contributed by atoms with E-state index in [-0.39, 0.29) is 0 Å². The van der Waals surface area contributed by atoms with Crippen LogP contribution in [0.5, 0.6) is 0 Å². The Morgan fingerprint density at radius 1 is 1.38 bits per heavy atom. The molecule has 0 unspecified atom stereocenters. The molecule has 48 valence electrons. The second kappa shape index (κ2) is 2.86. The lowest BCUT2D eigenvalue weighted by molar-refractivity contribution is -0.298. The predicted molar refractivity (Wildman–Crippen MR) is 25.3 cm³/mol. The van der Waals surface area contributed by atoms with Crippen molar-refractivity contribution < 1.29 is 17.9 Å². The van der Waals surface area contributed by atoms with Crippen LogP contribution < -0.4 is 0 Å². The maximum absolute atomic E-state index is 10.9. The zero-order valence-electron chi connectivity index (χ0n) is 3.64. The molecule has 0 N–H and O–H groups in total. The molecule has 0 aliphatic carbocycles. The van der Waals surface area contributed by atoms with Crippen molar-refractivity contribution in [1.82, 2.24) is 0 Å². The highest BCUT2D eigenvalue weighted by Gasteiger charge is 2.28. The van der Waals surface area contributed by atoms with Crippen LogP contribution >= 0.6 is 12.6 Å². The van der Waals surface area contributed by atoms with E-state index in [4.69, 9.17) is 0 Å². The number of thiol groups is 1. The number of ether oxygens (including phenoxy) is 1. The van der Waals surface area contributed by atoms with Crippen molar-refractivity contribution in [3.63, 3.8) is 0 Å². The van der Waals surface area contributed by atoms with Gasteiger partial charge in [0.15, 0.2) is 0 Å². The average Bonchev–Trinajstić information content (AvgIpc) is 1.59. The maximum atomic E-state index is 10.9. The first-order valence-electron chi connectivity index (χ1n) is 1.60. The zero-order chi connectivity index (χ0) is 6.62. The van der Waals surface area contributed by atoms with Gasteiger partial charge in [-0.3, -0.25) is 0 Å². The van der Waals surface area contributed by atoms with E-state index in [2.05, 4.69) is 17.4 Å². The molecule has 0 spiro atoms. The fourth-order valence-corrected chi connectivity index (χ4v) is 0.168. The van der Waals surface area contributed by atoms with Gasteiger partial charge in [0.25, 0.3) is 0 Å². The van der Waals surface area contributed by atoms with E-state index < -0.39 is 6.36 Å². The summed E-state index contributed by atoms with van der Waals surface area (Å²) in [7, 11) is 0. The van der Waals surface area contributed by atoms with E-state index in [0.29, 0.717) is 6.26 Å². The second-order valence-electron chi connectivity index (χ2n) is 0.849. The molecule has 0 saturated heterocycles. The summed E-state index contributed by atoms with van der Waals surface area (Å²) in [4.78, 5) is 0. The second-order valence-corrected chi connectivity index (χ2v) is 1.15. The molecule has 0 aliphatic heterocycles. The highest BCUT2D eigenvalue weighted by atomic mass is 32.1. The summed E-state index contributed by atoms with van der Waals surface area (Å²) in [6.07, 6.45) is -4.14. The number of hydrogen-bond acceptors (Lipinski definition) is 2. The minimum Gasteiger partial charge on any atom is -0.413 e. The van der Waals surface area contributed by atoms with Gasteiger partial charge in [0.05, 0.1) is 6.26 Å². The average molecular weight is 144 g/mol. The molecule has 0 aromatic carbocycles. The molecule has 0 aliphatic rings. The minimum absolute atomic E-state index is 0.448. The minimum atomic E-state index is -4.58. The van der Waals surface area contributed by atoms with E-state index in [9.17, 15) is 13.2 Å². The lowest BCUT2D eigenvalue weighted by Crippen LogP contribution is -2.07. The largest absolute Gasteiger partial charge is 0.572 e. The Morgan fingerprint density at radius 3 is 2.00 bits per heavy atom. The van der Waals surface area contributed by atoms with Crippen molar-refractivity contribution in [3.8, 4) is 0 Å². The molecule has 0 saturated carbocycles. The van der Waals surface area contributed by atoms with Gasteiger partial charge in [-0.1, -0.05) is 0 Å². The molecular weight excluding hydrogens is 141 g/mol. The summed E-state index contributed by atoms with van der Waals surface area (Å²) in [5.74, 6) is 0. The summed E-state index contributed by atoms with van der Waals surface area (Å²) in [6, 6.07) is 0. The fourth-order valence-electron chi connectivity index (χ4n) is 0.108. The number of halogens is 3. The van der Waals surface area contributed by atoms with Crippen molar-refractivity contribution in [2.45, 2.75) is 6.36 Å². The highest BCUT2D eigenvalue weighted by molar-refractivity contribution is 7.83. The smallest absolute Gasteiger partial charge is 0.413 e. The SMILES string of the molecule is FC(F)(F)O/C=C/S. The van der Waals surface area contributed by atoms with Crippen LogP contribution in [0.2, 0.25) is 0 Å². The Morgan fingerprint density at radius 2 is 1.88 bits per heavy atom. The summed E-state index contributed by atoms with van der Waals surface area (Å²) in [5, 5.41) is 0.855. The van der Waals surface area contributed by atoms with Crippen molar-refractivity contribution in [1.29, 1.82) is 0 Å². The third kappa shape index (κ3) is 5.68. The Balaban J connectivity index is 3.39. The van der Waals surface area contributed by atoms with Gasteiger partial charge >= 0.3 is 6.36 Å². The van der Waals surface area contributed by atoms with Crippen molar-refractivity contribution in [3.05, 3.63) is 11.7 Å². The van der Waals surface area contributed by atoms with Gasteiger partial charge in [0.2, 0.25) is 0 Å². The van der Waals surface area contributed by atoms with Crippen molar-refractivity contribution in [2.24, 2.45) is 0 Å². The van der Waals surface area contributed by atoms with Gasteiger partial charge in [-0.05, 0) is 0 Å². The van der Waals surface area contributed by atoms with Crippen LogP contribution in [0.25, 0.3) is 0 Å². The van der Waals surface area contributed by atoms with Gasteiger partial charge < -0.3 is 4.74 Å². The molecule has 0 atom stereocenters. The molecule has 0 aromatic rings. The summed E-state index contributed by atoms with van der Waals surface area (Å²) < 4.78 is 35.9. The van der Waals surface area contributed by atoms with E-state index in [1.165, 1.54) is 0 Å².